The van der Waals surface area contributed by atoms with Gasteiger partial charge in [-0.25, -0.2) is 9.07 Å². The second kappa shape index (κ2) is 9.81. The molecular formula is C23H25Cl2FN4O. The number of nitrogens with zero attached hydrogens (tertiary/aromatic N) is 3. The molecule has 0 aliphatic heterocycles. The van der Waals surface area contributed by atoms with E-state index in [1.165, 1.54) is 6.07 Å². The van der Waals surface area contributed by atoms with E-state index in [0.717, 1.165) is 11.1 Å². The van der Waals surface area contributed by atoms with Crippen LogP contribution in [-0.4, -0.2) is 41.2 Å². The maximum absolute atomic E-state index is 14.4. The number of amides is 1. The number of hydrogen-bond acceptors (Lipinski definition) is 3. The molecule has 0 fully saturated rings. The number of aryl methyl sites for hydroxylation is 2. The van der Waals surface area contributed by atoms with E-state index < -0.39 is 11.9 Å². The number of nitrogens with one attached hydrogen (secondary N) is 1. The van der Waals surface area contributed by atoms with Crippen LogP contribution >= 0.6 is 23.2 Å². The van der Waals surface area contributed by atoms with Crippen LogP contribution in [0.2, 0.25) is 10.2 Å². The SMILES string of the molecule is Cc1ccc(Cn2nc(C)c(C(=O)NCC(c3c(F)cccc3Cl)N(C)C)c2Cl)cc1. The van der Waals surface area contributed by atoms with Crippen molar-refractivity contribution in [3.05, 3.63) is 86.4 Å². The first kappa shape index (κ1) is 23.3. The Balaban J connectivity index is 1.78. The largest absolute Gasteiger partial charge is 0.350 e. The van der Waals surface area contributed by atoms with Crippen LogP contribution in [0.3, 0.4) is 0 Å². The molecule has 1 heterocycles. The van der Waals surface area contributed by atoms with Gasteiger partial charge in [0.15, 0.2) is 0 Å². The third-order valence-corrected chi connectivity index (χ3v) is 5.87. The third kappa shape index (κ3) is 5.26. The molecule has 5 nitrogen and oxygen atoms in total. The highest BCUT2D eigenvalue weighted by atomic mass is 35.5. The molecule has 164 valence electrons. The second-order valence-electron chi connectivity index (χ2n) is 7.72. The summed E-state index contributed by atoms with van der Waals surface area (Å²) in [6, 6.07) is 12.1. The minimum Gasteiger partial charge on any atom is -0.350 e. The van der Waals surface area contributed by atoms with E-state index in [1.54, 1.807) is 42.7 Å². The molecule has 1 atom stereocenters. The molecule has 1 amide bonds. The van der Waals surface area contributed by atoms with Gasteiger partial charge in [-0.05, 0) is 45.6 Å². The normalized spacial score (nSPS) is 12.3. The Hall–Kier alpha value is -2.41. The van der Waals surface area contributed by atoms with Gasteiger partial charge in [0.2, 0.25) is 0 Å². The van der Waals surface area contributed by atoms with Crippen LogP contribution in [-0.2, 0) is 6.54 Å². The number of benzene rings is 2. The average molecular weight is 463 g/mol. The fourth-order valence-corrected chi connectivity index (χ4v) is 4.04. The van der Waals surface area contributed by atoms with Crippen LogP contribution in [0.5, 0.6) is 0 Å². The maximum Gasteiger partial charge on any atom is 0.256 e. The Morgan fingerprint density at radius 2 is 1.84 bits per heavy atom. The predicted molar refractivity (Wildman–Crippen MR) is 122 cm³/mol. The van der Waals surface area contributed by atoms with E-state index in [2.05, 4.69) is 10.4 Å². The average Bonchev–Trinajstić information content (AvgIpc) is 2.98. The van der Waals surface area contributed by atoms with E-state index in [4.69, 9.17) is 23.2 Å². The topological polar surface area (TPSA) is 50.2 Å². The maximum atomic E-state index is 14.4. The molecule has 1 aromatic heterocycles. The van der Waals surface area contributed by atoms with Crippen molar-refractivity contribution < 1.29 is 9.18 Å². The lowest BCUT2D eigenvalue weighted by Gasteiger charge is -2.26. The van der Waals surface area contributed by atoms with E-state index in [0.29, 0.717) is 28.4 Å². The van der Waals surface area contributed by atoms with E-state index in [-0.39, 0.29) is 17.6 Å². The van der Waals surface area contributed by atoms with Gasteiger partial charge in [0.1, 0.15) is 11.0 Å². The number of likely N-dealkylation sites (N-methyl/N-ethyl adjacent to an activating group) is 1. The van der Waals surface area contributed by atoms with Gasteiger partial charge in [0.05, 0.1) is 23.8 Å². The van der Waals surface area contributed by atoms with Crippen molar-refractivity contribution in [2.45, 2.75) is 26.4 Å². The fraction of sp³-hybridized carbons (Fsp3) is 0.304. The molecule has 2 aromatic carbocycles. The first-order valence-corrected chi connectivity index (χ1v) is 10.6. The summed E-state index contributed by atoms with van der Waals surface area (Å²) in [6.07, 6.45) is 0. The minimum absolute atomic E-state index is 0.158. The van der Waals surface area contributed by atoms with Crippen molar-refractivity contribution in [2.75, 3.05) is 20.6 Å². The Labute approximate surface area is 191 Å². The molecule has 31 heavy (non-hydrogen) atoms. The van der Waals surface area contributed by atoms with Crippen LogP contribution in [0.25, 0.3) is 0 Å². The molecule has 0 aliphatic rings. The van der Waals surface area contributed by atoms with Gasteiger partial charge in [-0.3, -0.25) is 4.79 Å². The van der Waals surface area contributed by atoms with Gasteiger partial charge in [-0.1, -0.05) is 59.1 Å². The summed E-state index contributed by atoms with van der Waals surface area (Å²) in [5.41, 5.74) is 3.37. The number of halogens is 3. The highest BCUT2D eigenvalue weighted by Crippen LogP contribution is 2.29. The molecule has 0 spiro atoms. The van der Waals surface area contributed by atoms with Crippen LogP contribution in [0.15, 0.2) is 42.5 Å². The van der Waals surface area contributed by atoms with E-state index >= 15 is 0 Å². The zero-order chi connectivity index (χ0) is 22.7. The molecular weight excluding hydrogens is 438 g/mol. The van der Waals surface area contributed by atoms with Gasteiger partial charge in [0.25, 0.3) is 5.91 Å². The highest BCUT2D eigenvalue weighted by molar-refractivity contribution is 6.33. The minimum atomic E-state index is -0.445. The van der Waals surface area contributed by atoms with E-state index in [1.807, 2.05) is 31.2 Å². The summed E-state index contributed by atoms with van der Waals surface area (Å²) in [5.74, 6) is -0.780. The van der Waals surface area contributed by atoms with E-state index in [9.17, 15) is 9.18 Å². The summed E-state index contributed by atoms with van der Waals surface area (Å²) in [5, 5.41) is 7.86. The van der Waals surface area contributed by atoms with Crippen molar-refractivity contribution in [3.63, 3.8) is 0 Å². The van der Waals surface area contributed by atoms with Gasteiger partial charge in [-0.2, -0.15) is 5.10 Å². The summed E-state index contributed by atoms with van der Waals surface area (Å²) in [7, 11) is 3.61. The number of carbonyl (C=O) groups excluding carboxylic acids is 1. The summed E-state index contributed by atoms with van der Waals surface area (Å²) in [4.78, 5) is 14.7. The van der Waals surface area contributed by atoms with Gasteiger partial charge >= 0.3 is 0 Å². The molecule has 0 aliphatic carbocycles. The molecule has 1 N–H and O–H groups in total. The Morgan fingerprint density at radius 1 is 1.16 bits per heavy atom. The predicted octanol–water partition coefficient (Wildman–Crippen LogP) is 5.03. The van der Waals surface area contributed by atoms with Crippen molar-refractivity contribution in [3.8, 4) is 0 Å². The first-order chi connectivity index (χ1) is 14.7. The van der Waals surface area contributed by atoms with Gasteiger partial charge < -0.3 is 10.2 Å². The number of hydrogen-bond donors (Lipinski definition) is 1. The number of carbonyl (C=O) groups is 1. The Kier molecular flexibility index (Phi) is 7.36. The molecule has 3 rings (SSSR count). The Bertz CT molecular complexity index is 1060. The molecule has 0 saturated carbocycles. The van der Waals surface area contributed by atoms with Crippen molar-refractivity contribution in [1.82, 2.24) is 20.0 Å². The second-order valence-corrected chi connectivity index (χ2v) is 8.48. The summed E-state index contributed by atoms with van der Waals surface area (Å²) < 4.78 is 16.0. The zero-order valence-electron chi connectivity index (χ0n) is 17.9. The van der Waals surface area contributed by atoms with Crippen LogP contribution in [0.4, 0.5) is 4.39 Å². The van der Waals surface area contributed by atoms with Crippen molar-refractivity contribution >= 4 is 29.1 Å². The zero-order valence-corrected chi connectivity index (χ0v) is 19.4. The lowest BCUT2D eigenvalue weighted by atomic mass is 10.0. The van der Waals surface area contributed by atoms with Crippen LogP contribution in [0.1, 0.15) is 38.8 Å². The molecule has 8 heteroatoms. The van der Waals surface area contributed by atoms with Crippen LogP contribution < -0.4 is 5.32 Å². The fourth-order valence-electron chi connectivity index (χ4n) is 3.43. The third-order valence-electron chi connectivity index (χ3n) is 5.16. The molecule has 0 bridgehead atoms. The highest BCUT2D eigenvalue weighted by Gasteiger charge is 2.25. The summed E-state index contributed by atoms with van der Waals surface area (Å²) >= 11 is 12.7. The summed E-state index contributed by atoms with van der Waals surface area (Å²) in [6.45, 7) is 4.38. The smallest absolute Gasteiger partial charge is 0.256 e. The molecule has 0 saturated heterocycles. The number of rotatable bonds is 7. The molecule has 3 aromatic rings. The Morgan fingerprint density at radius 3 is 2.45 bits per heavy atom. The van der Waals surface area contributed by atoms with Crippen molar-refractivity contribution in [2.24, 2.45) is 0 Å². The van der Waals surface area contributed by atoms with Gasteiger partial charge in [-0.15, -0.1) is 0 Å². The van der Waals surface area contributed by atoms with Crippen LogP contribution in [0, 0.1) is 19.7 Å². The van der Waals surface area contributed by atoms with Crippen molar-refractivity contribution in [1.29, 1.82) is 0 Å². The number of aromatic nitrogens is 2. The molecule has 1 unspecified atom stereocenters. The standard InChI is InChI=1S/C23H25Cl2FN4O/c1-14-8-10-16(11-9-14)13-30-22(25)20(15(2)28-30)23(31)27-12-19(29(3)4)21-17(24)6-5-7-18(21)26/h5-11,19H,12-13H2,1-4H3,(H,27,31). The monoisotopic (exact) mass is 462 g/mol. The first-order valence-electron chi connectivity index (χ1n) is 9.86. The molecule has 0 radical (unpaired) electrons. The quantitative estimate of drug-likeness (QED) is 0.535. The van der Waals surface area contributed by atoms with Gasteiger partial charge in [0, 0.05) is 17.1 Å². The lowest BCUT2D eigenvalue weighted by molar-refractivity contribution is 0.0941. The lowest BCUT2D eigenvalue weighted by Crippen LogP contribution is -2.35.